The highest BCUT2D eigenvalue weighted by Gasteiger charge is 2.24. The lowest BCUT2D eigenvalue weighted by Crippen LogP contribution is -2.27. The molecule has 0 amide bonds. The lowest BCUT2D eigenvalue weighted by molar-refractivity contribution is -0.0139. The first-order valence-electron chi connectivity index (χ1n) is 4.34. The molecule has 0 aromatic rings. The van der Waals surface area contributed by atoms with Crippen LogP contribution in [0.25, 0.3) is 0 Å². The maximum atomic E-state index is 9.33. The van der Waals surface area contributed by atoms with Crippen molar-refractivity contribution in [3.8, 4) is 0 Å². The van der Waals surface area contributed by atoms with Crippen LogP contribution in [0.5, 0.6) is 0 Å². The second kappa shape index (κ2) is 5.48. The minimum absolute atomic E-state index is 0.0261. The summed E-state index contributed by atoms with van der Waals surface area (Å²) in [5.41, 5.74) is 0. The second-order valence-corrected chi connectivity index (χ2v) is 2.98. The third-order valence-corrected chi connectivity index (χ3v) is 1.95. The lowest BCUT2D eigenvalue weighted by Gasteiger charge is -2.13. The molecule has 4 nitrogen and oxygen atoms in total. The third-order valence-electron chi connectivity index (χ3n) is 1.95. The molecule has 72 valence electrons. The number of ether oxygens (including phenoxy) is 2. The summed E-state index contributed by atoms with van der Waals surface area (Å²) in [7, 11) is 1.67. The summed E-state index contributed by atoms with van der Waals surface area (Å²) in [5, 5.41) is 12.4. The summed E-state index contributed by atoms with van der Waals surface area (Å²) in [4.78, 5) is 0. The van der Waals surface area contributed by atoms with Crippen molar-refractivity contribution in [2.24, 2.45) is 0 Å². The number of aliphatic hydroxyl groups is 1. The van der Waals surface area contributed by atoms with Crippen LogP contribution < -0.4 is 5.32 Å². The molecule has 1 heterocycles. The highest BCUT2D eigenvalue weighted by molar-refractivity contribution is 4.80. The van der Waals surface area contributed by atoms with Crippen molar-refractivity contribution < 1.29 is 14.6 Å². The summed E-state index contributed by atoms with van der Waals surface area (Å²) >= 11 is 0. The van der Waals surface area contributed by atoms with Gasteiger partial charge in [0.15, 0.2) is 0 Å². The number of β-amino-alcohol motifs (C(OH)–C–C–N with tert-alkyl or cyclic N) is 1. The van der Waals surface area contributed by atoms with Crippen LogP contribution >= 0.6 is 0 Å². The van der Waals surface area contributed by atoms with Crippen LogP contribution in [0.1, 0.15) is 6.42 Å². The normalized spacial score (nSPS) is 29.5. The van der Waals surface area contributed by atoms with Gasteiger partial charge in [-0.25, -0.2) is 0 Å². The highest BCUT2D eigenvalue weighted by atomic mass is 16.5. The van der Waals surface area contributed by atoms with Gasteiger partial charge in [0.2, 0.25) is 0 Å². The molecule has 1 fully saturated rings. The molecular formula is C8H17NO3. The Hall–Kier alpha value is -0.160. The molecule has 2 atom stereocenters. The first-order valence-corrected chi connectivity index (χ1v) is 4.34. The summed E-state index contributed by atoms with van der Waals surface area (Å²) in [6, 6.07) is 0. The number of hydrogen-bond acceptors (Lipinski definition) is 4. The van der Waals surface area contributed by atoms with Gasteiger partial charge in [-0.2, -0.15) is 0 Å². The van der Waals surface area contributed by atoms with Crippen molar-refractivity contribution in [2.45, 2.75) is 18.6 Å². The summed E-state index contributed by atoms with van der Waals surface area (Å²) in [6.45, 7) is 2.79. The number of hydrogen-bond donors (Lipinski definition) is 2. The Labute approximate surface area is 72.9 Å². The molecule has 1 aliphatic heterocycles. The molecule has 0 bridgehead atoms. The van der Waals surface area contributed by atoms with Crippen LogP contribution in [-0.2, 0) is 9.47 Å². The Morgan fingerprint density at radius 2 is 2.25 bits per heavy atom. The van der Waals surface area contributed by atoms with Crippen molar-refractivity contribution in [3.05, 3.63) is 0 Å². The minimum atomic E-state index is -0.340. The van der Waals surface area contributed by atoms with E-state index in [1.54, 1.807) is 7.11 Å². The first-order chi connectivity index (χ1) is 5.84. The number of rotatable bonds is 5. The van der Waals surface area contributed by atoms with E-state index in [0.717, 1.165) is 19.6 Å². The van der Waals surface area contributed by atoms with Crippen LogP contribution in [0.2, 0.25) is 0 Å². The highest BCUT2D eigenvalue weighted by Crippen LogP contribution is 2.04. The van der Waals surface area contributed by atoms with Crippen LogP contribution in [0.3, 0.4) is 0 Å². The fourth-order valence-electron chi connectivity index (χ4n) is 1.25. The van der Waals surface area contributed by atoms with Crippen molar-refractivity contribution in [3.63, 3.8) is 0 Å². The van der Waals surface area contributed by atoms with Crippen molar-refractivity contribution in [1.29, 1.82) is 0 Å². The maximum Gasteiger partial charge on any atom is 0.0970 e. The molecule has 0 saturated carbocycles. The topological polar surface area (TPSA) is 50.7 Å². The monoisotopic (exact) mass is 175 g/mol. The van der Waals surface area contributed by atoms with Gasteiger partial charge >= 0.3 is 0 Å². The van der Waals surface area contributed by atoms with Crippen LogP contribution in [-0.4, -0.2) is 50.7 Å². The minimum Gasteiger partial charge on any atom is -0.389 e. The molecule has 12 heavy (non-hydrogen) atoms. The fourth-order valence-corrected chi connectivity index (χ4v) is 1.25. The van der Waals surface area contributed by atoms with Gasteiger partial charge in [0, 0.05) is 33.4 Å². The first kappa shape index (κ1) is 9.92. The van der Waals surface area contributed by atoms with Crippen LogP contribution in [0.15, 0.2) is 0 Å². The van der Waals surface area contributed by atoms with Gasteiger partial charge < -0.3 is 19.9 Å². The molecule has 0 aromatic carbocycles. The second-order valence-electron chi connectivity index (χ2n) is 2.98. The Morgan fingerprint density at radius 1 is 1.42 bits per heavy atom. The van der Waals surface area contributed by atoms with E-state index in [1.165, 1.54) is 0 Å². The average Bonchev–Trinajstić information content (AvgIpc) is 2.46. The van der Waals surface area contributed by atoms with E-state index in [9.17, 15) is 5.11 Å². The Kier molecular flexibility index (Phi) is 4.53. The van der Waals surface area contributed by atoms with E-state index in [0.29, 0.717) is 13.2 Å². The lowest BCUT2D eigenvalue weighted by atomic mass is 10.2. The molecule has 0 radical (unpaired) electrons. The quantitative estimate of drug-likeness (QED) is 0.546. The van der Waals surface area contributed by atoms with Gasteiger partial charge in [-0.3, -0.25) is 0 Å². The Morgan fingerprint density at radius 3 is 2.83 bits per heavy atom. The third kappa shape index (κ3) is 3.06. The summed E-state index contributed by atoms with van der Waals surface area (Å²) in [5.74, 6) is 0. The summed E-state index contributed by atoms with van der Waals surface area (Å²) < 4.78 is 10.3. The maximum absolute atomic E-state index is 9.33. The van der Waals surface area contributed by atoms with Gasteiger partial charge in [-0.05, 0) is 6.42 Å². The van der Waals surface area contributed by atoms with E-state index in [1.807, 2.05) is 0 Å². The van der Waals surface area contributed by atoms with Gasteiger partial charge in [0.05, 0.1) is 12.2 Å². The summed E-state index contributed by atoms with van der Waals surface area (Å²) in [6.07, 6.45) is 0.522. The molecule has 0 spiro atoms. The van der Waals surface area contributed by atoms with Crippen LogP contribution in [0.4, 0.5) is 0 Å². The fraction of sp³-hybridized carbons (Fsp3) is 1.00. The number of aliphatic hydroxyl groups excluding tert-OH is 1. The molecule has 0 aromatic heterocycles. The Balaban J connectivity index is 1.98. The van der Waals surface area contributed by atoms with Crippen molar-refractivity contribution >= 4 is 0 Å². The van der Waals surface area contributed by atoms with Crippen molar-refractivity contribution in [2.75, 3.05) is 33.4 Å². The predicted octanol–water partition coefficient (Wildman–Crippen LogP) is -0.628. The van der Waals surface area contributed by atoms with E-state index >= 15 is 0 Å². The van der Waals surface area contributed by atoms with E-state index in [-0.39, 0.29) is 12.2 Å². The van der Waals surface area contributed by atoms with Gasteiger partial charge in [-0.15, -0.1) is 0 Å². The molecule has 1 saturated heterocycles. The Bertz CT molecular complexity index is 121. The molecule has 2 N–H and O–H groups in total. The average molecular weight is 175 g/mol. The van der Waals surface area contributed by atoms with E-state index in [4.69, 9.17) is 9.47 Å². The predicted molar refractivity (Wildman–Crippen MR) is 45.1 cm³/mol. The molecule has 1 rings (SSSR count). The number of nitrogens with one attached hydrogen (secondary N) is 1. The molecule has 1 aliphatic rings. The van der Waals surface area contributed by atoms with Crippen LogP contribution in [0, 0.1) is 0 Å². The van der Waals surface area contributed by atoms with Gasteiger partial charge in [-0.1, -0.05) is 0 Å². The van der Waals surface area contributed by atoms with Crippen molar-refractivity contribution in [1.82, 2.24) is 5.32 Å². The zero-order chi connectivity index (χ0) is 8.81. The zero-order valence-corrected chi connectivity index (χ0v) is 7.45. The molecule has 4 heteroatoms. The number of methoxy groups -OCH3 is 1. The molecule has 0 unspecified atom stereocenters. The largest absolute Gasteiger partial charge is 0.389 e. The molecule has 0 aliphatic carbocycles. The zero-order valence-electron chi connectivity index (χ0n) is 7.45. The SMILES string of the molecule is COCCCO[C@H]1CNC[C@H]1O. The van der Waals surface area contributed by atoms with Gasteiger partial charge in [0.25, 0.3) is 0 Å². The molecular weight excluding hydrogens is 158 g/mol. The van der Waals surface area contributed by atoms with Gasteiger partial charge in [0.1, 0.15) is 0 Å². The van der Waals surface area contributed by atoms with E-state index in [2.05, 4.69) is 5.32 Å². The van der Waals surface area contributed by atoms with E-state index < -0.39 is 0 Å². The standard InChI is InChI=1S/C8H17NO3/c1-11-3-2-4-12-8-6-9-5-7(8)10/h7-10H,2-6H2,1H3/t7-,8+/m1/s1. The smallest absolute Gasteiger partial charge is 0.0970 e.